The lowest BCUT2D eigenvalue weighted by molar-refractivity contribution is 0.415. The van der Waals surface area contributed by atoms with Crippen molar-refractivity contribution in [3.63, 3.8) is 0 Å². The second-order valence-electron chi connectivity index (χ2n) is 3.04. The molecule has 1 aromatic heterocycles. The fourth-order valence-electron chi connectivity index (χ4n) is 1.32. The van der Waals surface area contributed by atoms with Crippen LogP contribution in [0.5, 0.6) is 5.75 Å². The molecule has 0 unspecified atom stereocenters. The van der Waals surface area contributed by atoms with Crippen LogP contribution in [-0.2, 0) is 0 Å². The Morgan fingerprint density at radius 1 is 1.40 bits per heavy atom. The molecule has 0 aliphatic heterocycles. The monoisotopic (exact) mass is 286 g/mol. The first-order chi connectivity index (χ1) is 7.11. The minimum atomic E-state index is 0.308. The Morgan fingerprint density at radius 3 is 2.80 bits per heavy atom. The summed E-state index contributed by atoms with van der Waals surface area (Å²) in [5.41, 5.74) is 6.90. The quantitative estimate of drug-likeness (QED) is 0.819. The molecule has 3 nitrogen and oxygen atoms in total. The van der Waals surface area contributed by atoms with Gasteiger partial charge in [0.1, 0.15) is 5.75 Å². The van der Waals surface area contributed by atoms with Gasteiger partial charge in [-0.1, -0.05) is 11.6 Å². The van der Waals surface area contributed by atoms with Crippen molar-refractivity contribution in [2.45, 2.75) is 0 Å². The standard InChI is InChI=1S/C10H8BrClN2O/c1-15-5-2-7(11)6-4-8(13)10(12)14-9(6)3-5/h2-4H,13H2,1H3. The van der Waals surface area contributed by atoms with Gasteiger partial charge in [-0.3, -0.25) is 0 Å². The van der Waals surface area contributed by atoms with Crippen LogP contribution in [0, 0.1) is 0 Å². The van der Waals surface area contributed by atoms with Gasteiger partial charge in [-0.2, -0.15) is 0 Å². The van der Waals surface area contributed by atoms with E-state index in [4.69, 9.17) is 22.1 Å². The normalized spacial score (nSPS) is 10.6. The molecule has 2 N–H and O–H groups in total. The van der Waals surface area contributed by atoms with Crippen molar-refractivity contribution in [2.75, 3.05) is 12.8 Å². The summed E-state index contributed by atoms with van der Waals surface area (Å²) in [6.45, 7) is 0. The number of methoxy groups -OCH3 is 1. The molecule has 2 aromatic rings. The largest absolute Gasteiger partial charge is 0.497 e. The van der Waals surface area contributed by atoms with E-state index in [9.17, 15) is 0 Å². The van der Waals surface area contributed by atoms with Crippen molar-refractivity contribution in [3.05, 3.63) is 27.8 Å². The number of rotatable bonds is 1. The second-order valence-corrected chi connectivity index (χ2v) is 4.26. The minimum absolute atomic E-state index is 0.308. The molecule has 0 saturated heterocycles. The van der Waals surface area contributed by atoms with Gasteiger partial charge in [0.2, 0.25) is 0 Å². The van der Waals surface area contributed by atoms with E-state index in [0.717, 1.165) is 21.1 Å². The van der Waals surface area contributed by atoms with E-state index in [-0.39, 0.29) is 0 Å². The molecule has 0 amide bonds. The van der Waals surface area contributed by atoms with Gasteiger partial charge in [0, 0.05) is 15.9 Å². The van der Waals surface area contributed by atoms with E-state index in [1.807, 2.05) is 12.1 Å². The van der Waals surface area contributed by atoms with Crippen LogP contribution < -0.4 is 10.5 Å². The highest BCUT2D eigenvalue weighted by Crippen LogP contribution is 2.31. The van der Waals surface area contributed by atoms with Gasteiger partial charge >= 0.3 is 0 Å². The van der Waals surface area contributed by atoms with Crippen molar-refractivity contribution < 1.29 is 4.74 Å². The van der Waals surface area contributed by atoms with Gasteiger partial charge in [-0.25, -0.2) is 4.98 Å². The fourth-order valence-corrected chi connectivity index (χ4v) is 2.01. The molecule has 0 aliphatic carbocycles. The molecule has 0 spiro atoms. The zero-order chi connectivity index (χ0) is 11.0. The number of hydrogen-bond donors (Lipinski definition) is 1. The second kappa shape index (κ2) is 3.87. The number of nitrogen functional groups attached to an aromatic ring is 1. The smallest absolute Gasteiger partial charge is 0.152 e. The van der Waals surface area contributed by atoms with Crippen molar-refractivity contribution in [2.24, 2.45) is 0 Å². The summed E-state index contributed by atoms with van der Waals surface area (Å²) in [6, 6.07) is 5.46. The summed E-state index contributed by atoms with van der Waals surface area (Å²) in [6.07, 6.45) is 0. The lowest BCUT2D eigenvalue weighted by Gasteiger charge is -2.06. The third-order valence-electron chi connectivity index (χ3n) is 2.07. The van der Waals surface area contributed by atoms with Gasteiger partial charge in [0.25, 0.3) is 0 Å². The Labute approximate surface area is 100 Å². The topological polar surface area (TPSA) is 48.1 Å². The molecule has 78 valence electrons. The number of nitrogens with two attached hydrogens (primary N) is 1. The number of halogens is 2. The lowest BCUT2D eigenvalue weighted by atomic mass is 10.2. The highest BCUT2D eigenvalue weighted by molar-refractivity contribution is 9.10. The first-order valence-electron chi connectivity index (χ1n) is 4.21. The maximum Gasteiger partial charge on any atom is 0.152 e. The van der Waals surface area contributed by atoms with Crippen LogP contribution >= 0.6 is 27.5 Å². The Bertz CT molecular complexity index is 530. The number of fused-ring (bicyclic) bond motifs is 1. The van der Waals surface area contributed by atoms with E-state index >= 15 is 0 Å². The SMILES string of the molecule is COc1cc(Br)c2cc(N)c(Cl)nc2c1. The molecular weight excluding hydrogens is 279 g/mol. The van der Waals surface area contributed by atoms with E-state index in [1.165, 1.54) is 0 Å². The van der Waals surface area contributed by atoms with Crippen molar-refractivity contribution in [1.82, 2.24) is 4.98 Å². The maximum atomic E-state index is 5.84. The zero-order valence-electron chi connectivity index (χ0n) is 7.92. The first-order valence-corrected chi connectivity index (χ1v) is 5.38. The lowest BCUT2D eigenvalue weighted by Crippen LogP contribution is -1.92. The molecule has 0 saturated carbocycles. The van der Waals surface area contributed by atoms with Crippen LogP contribution in [0.3, 0.4) is 0 Å². The highest BCUT2D eigenvalue weighted by atomic mass is 79.9. The molecule has 1 heterocycles. The van der Waals surface area contributed by atoms with Crippen molar-refractivity contribution >= 4 is 44.1 Å². The summed E-state index contributed by atoms with van der Waals surface area (Å²) in [5.74, 6) is 0.725. The number of nitrogens with zero attached hydrogens (tertiary/aromatic N) is 1. The predicted octanol–water partition coefficient (Wildman–Crippen LogP) is 3.24. The molecule has 0 radical (unpaired) electrons. The molecule has 0 fully saturated rings. The van der Waals surface area contributed by atoms with Crippen molar-refractivity contribution in [3.8, 4) is 5.75 Å². The third kappa shape index (κ3) is 1.87. The highest BCUT2D eigenvalue weighted by Gasteiger charge is 2.07. The van der Waals surface area contributed by atoms with E-state index in [2.05, 4.69) is 20.9 Å². The van der Waals surface area contributed by atoms with Gasteiger partial charge in [0.15, 0.2) is 5.15 Å². The molecular formula is C10H8BrClN2O. The minimum Gasteiger partial charge on any atom is -0.497 e. The first kappa shape index (κ1) is 10.5. The van der Waals surface area contributed by atoms with Gasteiger partial charge in [0.05, 0.1) is 18.3 Å². The summed E-state index contributed by atoms with van der Waals surface area (Å²) in [5, 5.41) is 1.22. The van der Waals surface area contributed by atoms with Gasteiger partial charge < -0.3 is 10.5 Å². The maximum absolute atomic E-state index is 5.84. The molecule has 2 rings (SSSR count). The molecule has 1 aromatic carbocycles. The molecule has 0 aliphatic rings. The van der Waals surface area contributed by atoms with E-state index in [1.54, 1.807) is 13.2 Å². The number of anilines is 1. The molecule has 0 bridgehead atoms. The summed E-state index contributed by atoms with van der Waals surface area (Å²) >= 11 is 9.27. The van der Waals surface area contributed by atoms with E-state index < -0.39 is 0 Å². The predicted molar refractivity (Wildman–Crippen MR) is 65.4 cm³/mol. The average molecular weight is 288 g/mol. The van der Waals surface area contributed by atoms with Gasteiger partial charge in [-0.05, 0) is 28.1 Å². The fraction of sp³-hybridized carbons (Fsp3) is 0.100. The van der Waals surface area contributed by atoms with Crippen molar-refractivity contribution in [1.29, 1.82) is 0 Å². The van der Waals surface area contributed by atoms with E-state index in [0.29, 0.717) is 10.8 Å². The number of ether oxygens (including phenoxy) is 1. The van der Waals surface area contributed by atoms with Crippen LogP contribution in [0.2, 0.25) is 5.15 Å². The Balaban J connectivity index is 2.80. The molecule has 0 atom stereocenters. The Hall–Kier alpha value is -1.00. The number of pyridine rings is 1. The zero-order valence-corrected chi connectivity index (χ0v) is 10.3. The summed E-state index contributed by atoms with van der Waals surface area (Å²) < 4.78 is 6.01. The molecule has 15 heavy (non-hydrogen) atoms. The van der Waals surface area contributed by atoms with Crippen LogP contribution in [-0.4, -0.2) is 12.1 Å². The van der Waals surface area contributed by atoms with Crippen LogP contribution in [0.15, 0.2) is 22.7 Å². The third-order valence-corrected chi connectivity index (χ3v) is 3.03. The van der Waals surface area contributed by atoms with Crippen LogP contribution in [0.1, 0.15) is 0 Å². The number of benzene rings is 1. The Kier molecular flexibility index (Phi) is 2.71. The van der Waals surface area contributed by atoms with Crippen LogP contribution in [0.4, 0.5) is 5.69 Å². The molecule has 5 heteroatoms. The average Bonchev–Trinajstić information content (AvgIpc) is 2.21. The Morgan fingerprint density at radius 2 is 2.13 bits per heavy atom. The number of aromatic nitrogens is 1. The summed E-state index contributed by atoms with van der Waals surface area (Å²) in [4.78, 5) is 4.18. The van der Waals surface area contributed by atoms with Crippen LogP contribution in [0.25, 0.3) is 10.9 Å². The summed E-state index contributed by atoms with van der Waals surface area (Å²) in [7, 11) is 1.60. The number of hydrogen-bond acceptors (Lipinski definition) is 3. The van der Waals surface area contributed by atoms with Gasteiger partial charge in [-0.15, -0.1) is 0 Å².